The van der Waals surface area contributed by atoms with E-state index in [1.54, 1.807) is 30.0 Å². The van der Waals surface area contributed by atoms with Crippen LogP contribution in [-0.2, 0) is 14.4 Å². The predicted molar refractivity (Wildman–Crippen MR) is 158 cm³/mol. The number of likely N-dealkylation sites (tertiary alicyclic amines) is 1. The van der Waals surface area contributed by atoms with Gasteiger partial charge in [0, 0.05) is 30.8 Å². The Morgan fingerprint density at radius 1 is 1.12 bits per heavy atom. The second-order valence-electron chi connectivity index (χ2n) is 11.6. The number of ether oxygens (including phenoxy) is 1. The minimum Gasteiger partial charge on any atom is -0.455 e. The van der Waals surface area contributed by atoms with Crippen molar-refractivity contribution in [3.05, 3.63) is 59.2 Å². The molecule has 1 saturated carbocycles. The molecule has 2 aromatic carbocycles. The number of ketones is 1. The number of H-pyrrole nitrogens is 1. The number of nitrogens with zero attached hydrogens (tertiary/aromatic N) is 1. The Kier molecular flexibility index (Phi) is 7.94. The summed E-state index contributed by atoms with van der Waals surface area (Å²) in [7, 11) is 0. The van der Waals surface area contributed by atoms with E-state index >= 15 is 0 Å². The second-order valence-corrected chi connectivity index (χ2v) is 12.0. The van der Waals surface area contributed by atoms with E-state index in [0.29, 0.717) is 52.6 Å². The molecule has 5 unspecified atom stereocenters. The molecule has 0 spiro atoms. The molecule has 2 aliphatic heterocycles. The van der Waals surface area contributed by atoms with Gasteiger partial charge >= 0.3 is 0 Å². The number of para-hydroxylation sites is 1. The van der Waals surface area contributed by atoms with Gasteiger partial charge in [0.2, 0.25) is 11.8 Å². The number of aromatic amines is 1. The number of hydrogen-bond acceptors (Lipinski definition) is 5. The van der Waals surface area contributed by atoms with Gasteiger partial charge in [0.1, 0.15) is 17.5 Å². The molecular weight excluding hydrogens is 556 g/mol. The smallest absolute Gasteiger partial charge is 0.271 e. The van der Waals surface area contributed by atoms with Gasteiger partial charge in [-0.15, -0.1) is 0 Å². The molecule has 10 heteroatoms. The number of carbonyl (C=O) groups is 4. The van der Waals surface area contributed by atoms with E-state index in [-0.39, 0.29) is 54.1 Å². The van der Waals surface area contributed by atoms with Gasteiger partial charge in [-0.2, -0.15) is 0 Å². The van der Waals surface area contributed by atoms with Gasteiger partial charge in [0.25, 0.3) is 5.91 Å². The first-order chi connectivity index (χ1) is 20.3. The van der Waals surface area contributed by atoms with E-state index in [1.807, 2.05) is 30.3 Å². The third-order valence-corrected chi connectivity index (χ3v) is 9.39. The molecule has 2 saturated heterocycles. The van der Waals surface area contributed by atoms with Gasteiger partial charge in [-0.3, -0.25) is 19.2 Å². The highest BCUT2D eigenvalue weighted by Gasteiger charge is 2.50. The molecule has 1 aromatic heterocycles. The van der Waals surface area contributed by atoms with Gasteiger partial charge in [-0.25, -0.2) is 0 Å². The molecule has 1 aliphatic carbocycles. The molecule has 5 atom stereocenters. The molecule has 0 bridgehead atoms. The van der Waals surface area contributed by atoms with Gasteiger partial charge in [-0.1, -0.05) is 43.1 Å². The van der Waals surface area contributed by atoms with Crippen LogP contribution in [0.25, 0.3) is 10.9 Å². The zero-order valence-corrected chi connectivity index (χ0v) is 24.3. The van der Waals surface area contributed by atoms with Gasteiger partial charge < -0.3 is 25.3 Å². The lowest BCUT2D eigenvalue weighted by Gasteiger charge is -2.29. The molecule has 3 aliphatic rings. The molecule has 0 radical (unpaired) electrons. The van der Waals surface area contributed by atoms with Gasteiger partial charge in [0.05, 0.1) is 16.6 Å². The molecule has 3 amide bonds. The van der Waals surface area contributed by atoms with E-state index < -0.39 is 12.1 Å². The van der Waals surface area contributed by atoms with Crippen LogP contribution in [0.15, 0.2) is 48.5 Å². The fraction of sp³-hybridized carbons (Fsp3) is 0.438. The lowest BCUT2D eigenvalue weighted by molar-refractivity contribution is -0.132. The van der Waals surface area contributed by atoms with E-state index in [1.165, 1.54) is 0 Å². The summed E-state index contributed by atoms with van der Waals surface area (Å²) in [5.41, 5.74) is 0.913. The first-order valence-corrected chi connectivity index (χ1v) is 15.2. The van der Waals surface area contributed by atoms with E-state index in [0.717, 1.165) is 19.3 Å². The zero-order valence-electron chi connectivity index (χ0n) is 23.5. The zero-order chi connectivity index (χ0) is 29.4. The quantitative estimate of drug-likeness (QED) is 0.329. The summed E-state index contributed by atoms with van der Waals surface area (Å²) in [6.07, 6.45) is 3.96. The highest BCUT2D eigenvalue weighted by atomic mass is 35.5. The van der Waals surface area contributed by atoms with Crippen LogP contribution in [0.5, 0.6) is 11.5 Å². The van der Waals surface area contributed by atoms with E-state index in [2.05, 4.69) is 15.6 Å². The van der Waals surface area contributed by atoms with Gasteiger partial charge in [-0.05, 0) is 67.9 Å². The fourth-order valence-corrected chi connectivity index (χ4v) is 7.12. The second kappa shape index (κ2) is 11.8. The third kappa shape index (κ3) is 5.38. The summed E-state index contributed by atoms with van der Waals surface area (Å²) in [4.78, 5) is 57.9. The molecule has 6 rings (SSSR count). The highest BCUT2D eigenvalue weighted by molar-refractivity contribution is 6.35. The van der Waals surface area contributed by atoms with Crippen LogP contribution in [0.2, 0.25) is 5.02 Å². The average Bonchev–Trinajstić information content (AvgIpc) is 3.78. The predicted octanol–water partition coefficient (Wildman–Crippen LogP) is 4.84. The standard InChI is InChI=1S/C32H35ClN4O5/c1-2-26(38)24(15-18-13-14-34-30(18)39)36-31(40)29-21-10-6-7-19(21)17-37(29)32(41)25-16-22-23(33)11-12-27(28(22)35-25)42-20-8-4-3-5-9-20/h3-5,8-9,11-12,16,18-19,21,24,29,35H,2,6-7,10,13-15,17H2,1H3,(H,34,39)(H,36,40). The Bertz CT molecular complexity index is 1520. The van der Waals surface area contributed by atoms with Crippen molar-refractivity contribution in [2.24, 2.45) is 17.8 Å². The minimum atomic E-state index is -0.765. The maximum absolute atomic E-state index is 14.1. The fourth-order valence-electron chi connectivity index (χ4n) is 6.91. The van der Waals surface area contributed by atoms with Crippen molar-refractivity contribution in [3.63, 3.8) is 0 Å². The van der Waals surface area contributed by atoms with Crippen molar-refractivity contribution in [1.82, 2.24) is 20.5 Å². The number of amides is 3. The summed E-state index contributed by atoms with van der Waals surface area (Å²) >= 11 is 6.52. The summed E-state index contributed by atoms with van der Waals surface area (Å²) in [6.45, 7) is 2.80. The Morgan fingerprint density at radius 2 is 1.93 bits per heavy atom. The van der Waals surface area contributed by atoms with E-state index in [4.69, 9.17) is 16.3 Å². The molecule has 3 aromatic rings. The average molecular weight is 591 g/mol. The van der Waals surface area contributed by atoms with Gasteiger partial charge in [0.15, 0.2) is 11.5 Å². The van der Waals surface area contributed by atoms with Crippen LogP contribution in [0.3, 0.4) is 0 Å². The number of halogens is 1. The maximum atomic E-state index is 14.1. The molecule has 3 N–H and O–H groups in total. The number of fused-ring (bicyclic) bond motifs is 2. The molecular formula is C32H35ClN4O5. The van der Waals surface area contributed by atoms with Crippen LogP contribution in [0.4, 0.5) is 0 Å². The minimum absolute atomic E-state index is 0.0195. The van der Waals surface area contributed by atoms with Crippen molar-refractivity contribution in [3.8, 4) is 11.5 Å². The number of benzene rings is 2. The van der Waals surface area contributed by atoms with Crippen LogP contribution < -0.4 is 15.4 Å². The Morgan fingerprint density at radius 3 is 2.67 bits per heavy atom. The van der Waals surface area contributed by atoms with Crippen molar-refractivity contribution in [1.29, 1.82) is 0 Å². The maximum Gasteiger partial charge on any atom is 0.271 e. The molecule has 9 nitrogen and oxygen atoms in total. The Balaban J connectivity index is 1.27. The molecule has 42 heavy (non-hydrogen) atoms. The Labute approximate surface area is 249 Å². The first-order valence-electron chi connectivity index (χ1n) is 14.8. The SMILES string of the molecule is CCC(=O)C(CC1CCNC1=O)NC(=O)C1C2CCCC2CN1C(=O)c1cc2c(Cl)ccc(Oc3ccccc3)c2[nH]1. The normalized spacial score (nSPS) is 24.0. The summed E-state index contributed by atoms with van der Waals surface area (Å²) in [5, 5.41) is 6.90. The summed E-state index contributed by atoms with van der Waals surface area (Å²) in [5.74, 6) is 0.290. The molecule has 220 valence electrons. The van der Waals surface area contributed by atoms with Crippen molar-refractivity contribution in [2.75, 3.05) is 13.1 Å². The van der Waals surface area contributed by atoms with Crippen LogP contribution >= 0.6 is 11.6 Å². The summed E-state index contributed by atoms with van der Waals surface area (Å²) in [6, 6.07) is 13.1. The van der Waals surface area contributed by atoms with Crippen LogP contribution in [0.1, 0.15) is 55.9 Å². The molecule has 3 heterocycles. The number of rotatable bonds is 9. The lowest BCUT2D eigenvalue weighted by atomic mass is 9.91. The largest absolute Gasteiger partial charge is 0.455 e. The van der Waals surface area contributed by atoms with Crippen LogP contribution in [0, 0.1) is 17.8 Å². The third-order valence-electron chi connectivity index (χ3n) is 9.06. The van der Waals surface area contributed by atoms with Crippen molar-refractivity contribution < 1.29 is 23.9 Å². The van der Waals surface area contributed by atoms with Crippen LogP contribution in [-0.4, -0.2) is 58.6 Å². The number of hydrogen-bond donors (Lipinski definition) is 3. The first kappa shape index (κ1) is 28.3. The monoisotopic (exact) mass is 590 g/mol. The number of aromatic nitrogens is 1. The van der Waals surface area contributed by atoms with E-state index in [9.17, 15) is 19.2 Å². The number of nitrogens with one attached hydrogen (secondary N) is 3. The van der Waals surface area contributed by atoms with Crippen molar-refractivity contribution in [2.45, 2.75) is 57.5 Å². The molecule has 3 fully saturated rings. The number of Topliss-reactive ketones (excluding diaryl/α,β-unsaturated/α-hetero) is 1. The van der Waals surface area contributed by atoms with Crippen molar-refractivity contribution >= 4 is 46.0 Å². The topological polar surface area (TPSA) is 121 Å². The lowest BCUT2D eigenvalue weighted by Crippen LogP contribution is -2.53. The number of carbonyl (C=O) groups excluding carboxylic acids is 4. The highest BCUT2D eigenvalue weighted by Crippen LogP contribution is 2.43. The summed E-state index contributed by atoms with van der Waals surface area (Å²) < 4.78 is 6.08. The Hall–Kier alpha value is -3.85.